The van der Waals surface area contributed by atoms with Gasteiger partial charge in [0, 0.05) is 17.2 Å². The van der Waals surface area contributed by atoms with E-state index in [1.54, 1.807) is 24.3 Å². The quantitative estimate of drug-likeness (QED) is 0.310. The number of fused-ring (bicyclic) bond motifs is 1. The predicted molar refractivity (Wildman–Crippen MR) is 134 cm³/mol. The number of phenols is 2. The van der Waals surface area contributed by atoms with Crippen molar-refractivity contribution in [1.29, 1.82) is 0 Å². The molecule has 10 nitrogen and oxygen atoms in total. The van der Waals surface area contributed by atoms with Crippen molar-refractivity contribution >= 4 is 11.0 Å². The minimum Gasteiger partial charge on any atom is -0.507 e. The second-order valence-electron chi connectivity index (χ2n) is 9.20. The fourth-order valence-electron chi connectivity index (χ4n) is 4.14. The highest BCUT2D eigenvalue weighted by atomic mass is 16.7. The molecule has 37 heavy (non-hydrogen) atoms. The van der Waals surface area contributed by atoms with Crippen molar-refractivity contribution in [2.24, 2.45) is 0 Å². The zero-order chi connectivity index (χ0) is 27.0. The third kappa shape index (κ3) is 5.01. The Labute approximate surface area is 212 Å². The van der Waals surface area contributed by atoms with Gasteiger partial charge in [-0.15, -0.1) is 0 Å². The molecule has 0 spiro atoms. The highest BCUT2D eigenvalue weighted by Gasteiger charge is 2.44. The predicted octanol–water partition coefficient (Wildman–Crippen LogP) is 2.59. The molecule has 3 aromatic rings. The number of aliphatic hydroxyl groups excluding tert-OH is 3. The summed E-state index contributed by atoms with van der Waals surface area (Å²) in [5, 5.41) is 51.6. The van der Waals surface area contributed by atoms with E-state index in [0.717, 1.165) is 11.6 Å². The first-order valence-corrected chi connectivity index (χ1v) is 11.7. The van der Waals surface area contributed by atoms with Gasteiger partial charge in [-0.1, -0.05) is 11.6 Å². The molecule has 5 N–H and O–H groups in total. The van der Waals surface area contributed by atoms with E-state index >= 15 is 0 Å². The number of rotatable bonds is 6. The zero-order valence-electron chi connectivity index (χ0n) is 20.8. The number of phenolic OH excluding ortho intramolecular Hbond substituents is 2. The molecule has 0 saturated carbocycles. The van der Waals surface area contributed by atoms with E-state index in [2.05, 4.69) is 0 Å². The number of aromatic hydroxyl groups is 2. The summed E-state index contributed by atoms with van der Waals surface area (Å²) in [4.78, 5) is 13.8. The van der Waals surface area contributed by atoms with Gasteiger partial charge in [0.05, 0.1) is 13.2 Å². The molecule has 198 valence electrons. The first-order chi connectivity index (χ1) is 17.5. The Bertz CT molecular complexity index is 1370. The molecule has 1 fully saturated rings. The van der Waals surface area contributed by atoms with Crippen molar-refractivity contribution in [1.82, 2.24) is 0 Å². The van der Waals surface area contributed by atoms with Crippen LogP contribution in [-0.2, 0) is 11.2 Å². The number of aliphatic hydroxyl groups is 3. The molecule has 1 aromatic heterocycles. The van der Waals surface area contributed by atoms with Crippen molar-refractivity contribution in [3.05, 3.63) is 57.8 Å². The van der Waals surface area contributed by atoms with Gasteiger partial charge in [0.25, 0.3) is 0 Å². The van der Waals surface area contributed by atoms with E-state index in [1.165, 1.54) is 14.0 Å². The molecular formula is C27H30O10. The van der Waals surface area contributed by atoms with Crippen LogP contribution in [0.1, 0.15) is 26.3 Å². The highest BCUT2D eigenvalue weighted by Crippen LogP contribution is 2.40. The molecule has 0 amide bonds. The lowest BCUT2D eigenvalue weighted by Crippen LogP contribution is -2.58. The van der Waals surface area contributed by atoms with Gasteiger partial charge in [-0.2, -0.15) is 0 Å². The van der Waals surface area contributed by atoms with Crippen LogP contribution in [0.3, 0.4) is 0 Å². The van der Waals surface area contributed by atoms with E-state index < -0.39 is 47.6 Å². The smallest absolute Gasteiger partial charge is 0.239 e. The van der Waals surface area contributed by atoms with Crippen molar-refractivity contribution in [2.75, 3.05) is 7.11 Å². The number of benzene rings is 2. The van der Waals surface area contributed by atoms with Crippen LogP contribution < -0.4 is 14.9 Å². The average Bonchev–Trinajstić information content (AvgIpc) is 2.86. The van der Waals surface area contributed by atoms with Gasteiger partial charge < -0.3 is 44.2 Å². The Morgan fingerprint density at radius 1 is 1.03 bits per heavy atom. The van der Waals surface area contributed by atoms with Gasteiger partial charge in [-0.3, -0.25) is 4.79 Å². The van der Waals surface area contributed by atoms with Crippen LogP contribution in [0.4, 0.5) is 0 Å². The van der Waals surface area contributed by atoms with E-state index in [-0.39, 0.29) is 34.5 Å². The molecule has 1 saturated heterocycles. The highest BCUT2D eigenvalue weighted by molar-refractivity contribution is 5.91. The van der Waals surface area contributed by atoms with E-state index in [0.29, 0.717) is 11.3 Å². The summed E-state index contributed by atoms with van der Waals surface area (Å²) in [5.41, 5.74) is 0.828. The lowest BCUT2D eigenvalue weighted by atomic mass is 10.00. The van der Waals surface area contributed by atoms with Crippen LogP contribution in [0.15, 0.2) is 51.2 Å². The van der Waals surface area contributed by atoms with E-state index in [4.69, 9.17) is 18.6 Å². The van der Waals surface area contributed by atoms with E-state index in [1.807, 2.05) is 19.9 Å². The molecular weight excluding hydrogens is 484 g/mol. The summed E-state index contributed by atoms with van der Waals surface area (Å²) in [6.45, 7) is 5.24. The third-order valence-electron chi connectivity index (χ3n) is 6.29. The van der Waals surface area contributed by atoms with Gasteiger partial charge in [0.15, 0.2) is 5.76 Å². The second-order valence-corrected chi connectivity index (χ2v) is 9.20. The van der Waals surface area contributed by atoms with E-state index in [9.17, 15) is 30.3 Å². The summed E-state index contributed by atoms with van der Waals surface area (Å²) in [7, 11) is 1.50. The minimum absolute atomic E-state index is 0.0351. The van der Waals surface area contributed by atoms with Crippen molar-refractivity contribution in [3.8, 4) is 34.3 Å². The van der Waals surface area contributed by atoms with Crippen LogP contribution in [0.25, 0.3) is 22.3 Å². The summed E-state index contributed by atoms with van der Waals surface area (Å²) in [5.74, 6) is -0.690. The van der Waals surface area contributed by atoms with Crippen LogP contribution in [0.2, 0.25) is 0 Å². The number of ether oxygens (including phenoxy) is 3. The molecule has 4 rings (SSSR count). The van der Waals surface area contributed by atoms with Gasteiger partial charge in [-0.25, -0.2) is 0 Å². The summed E-state index contributed by atoms with van der Waals surface area (Å²) < 4.78 is 22.7. The Morgan fingerprint density at radius 3 is 2.32 bits per heavy atom. The lowest BCUT2D eigenvalue weighted by molar-refractivity contribution is -0.268. The molecule has 0 unspecified atom stereocenters. The fourth-order valence-corrected chi connectivity index (χ4v) is 4.14. The Kier molecular flexibility index (Phi) is 7.47. The third-order valence-corrected chi connectivity index (χ3v) is 6.29. The number of hydrogen-bond donors (Lipinski definition) is 5. The van der Waals surface area contributed by atoms with Gasteiger partial charge in [0.1, 0.15) is 46.5 Å². The normalized spacial score (nSPS) is 23.6. The first kappa shape index (κ1) is 26.5. The van der Waals surface area contributed by atoms with Crippen molar-refractivity contribution < 1.29 is 44.2 Å². The molecule has 0 radical (unpaired) electrons. The average molecular weight is 515 g/mol. The maximum Gasteiger partial charge on any atom is 0.239 e. The molecule has 1 aliphatic heterocycles. The topological polar surface area (TPSA) is 159 Å². The van der Waals surface area contributed by atoms with Crippen LogP contribution in [0.5, 0.6) is 23.0 Å². The lowest BCUT2D eigenvalue weighted by Gasteiger charge is -2.38. The SMILES string of the molecule is COc1ccc(-c2oc3c(CC=C(C)C)c(O)cc(O)c3c(=O)c2O[C@H]2O[C@H](C)[C@H](O)[C@H](O)[C@@H]2O)cc1. The molecule has 5 atom stereocenters. The van der Waals surface area contributed by atoms with Crippen molar-refractivity contribution in [3.63, 3.8) is 0 Å². The maximum absolute atomic E-state index is 13.8. The number of allylic oxidation sites excluding steroid dienone is 2. The largest absolute Gasteiger partial charge is 0.507 e. The van der Waals surface area contributed by atoms with Gasteiger partial charge in [-0.05, 0) is 51.5 Å². The summed E-state index contributed by atoms with van der Waals surface area (Å²) >= 11 is 0. The number of hydrogen-bond acceptors (Lipinski definition) is 10. The second kappa shape index (κ2) is 10.4. The van der Waals surface area contributed by atoms with Gasteiger partial charge >= 0.3 is 0 Å². The summed E-state index contributed by atoms with van der Waals surface area (Å²) in [6.07, 6.45) is -5.03. The minimum atomic E-state index is -1.69. The van der Waals surface area contributed by atoms with Crippen LogP contribution in [-0.4, -0.2) is 63.3 Å². The molecule has 1 aliphatic rings. The zero-order valence-corrected chi connectivity index (χ0v) is 20.8. The van der Waals surface area contributed by atoms with Crippen LogP contribution in [0, 0.1) is 0 Å². The monoisotopic (exact) mass is 514 g/mol. The molecule has 0 aliphatic carbocycles. The summed E-state index contributed by atoms with van der Waals surface area (Å²) in [6, 6.07) is 7.57. The standard InChI is InChI=1S/C27H30O10/c1-12(2)5-10-16-17(28)11-18(29)19-21(31)26(37-27-23(33)22(32)20(30)13(3)35-27)24(36-25(16)19)14-6-8-15(34-4)9-7-14/h5-9,11,13,20,22-23,27-30,32-33H,10H2,1-4H3/t13-,20+,22+,23+,27-/m1/s1. The fraction of sp³-hybridized carbons (Fsp3) is 0.370. The molecule has 0 bridgehead atoms. The molecule has 2 aromatic carbocycles. The Hall–Kier alpha value is -3.57. The molecule has 2 heterocycles. The Morgan fingerprint density at radius 2 is 1.70 bits per heavy atom. The number of methoxy groups -OCH3 is 1. The molecule has 10 heteroatoms. The maximum atomic E-state index is 13.8. The van der Waals surface area contributed by atoms with Crippen LogP contribution >= 0.6 is 0 Å². The Balaban J connectivity index is 1.96. The van der Waals surface area contributed by atoms with Crippen molar-refractivity contribution in [2.45, 2.75) is 57.9 Å². The first-order valence-electron chi connectivity index (χ1n) is 11.7. The van der Waals surface area contributed by atoms with Gasteiger partial charge in [0.2, 0.25) is 17.5 Å².